The van der Waals surface area contributed by atoms with Gasteiger partial charge in [-0.15, -0.1) is 0 Å². The quantitative estimate of drug-likeness (QED) is 0.834. The van der Waals surface area contributed by atoms with Gasteiger partial charge in [0.15, 0.2) is 0 Å². The van der Waals surface area contributed by atoms with Gasteiger partial charge in [0, 0.05) is 6.61 Å². The first-order chi connectivity index (χ1) is 8.40. The minimum atomic E-state index is -0.152. The summed E-state index contributed by atoms with van der Waals surface area (Å²) in [5, 5.41) is 10.5. The lowest BCUT2D eigenvalue weighted by Crippen LogP contribution is -2.45. The van der Waals surface area contributed by atoms with E-state index in [9.17, 15) is 5.11 Å². The number of hydrogen-bond acceptors (Lipinski definition) is 3. The lowest BCUT2D eigenvalue weighted by molar-refractivity contribution is -0.123. The smallest absolute Gasteiger partial charge is 0.0701 e. The molecule has 2 rings (SSSR count). The molecule has 0 aromatic carbocycles. The Kier molecular flexibility index (Phi) is 4.66. The Balaban J connectivity index is 1.93. The van der Waals surface area contributed by atoms with E-state index in [0.29, 0.717) is 5.92 Å². The Morgan fingerprint density at radius 2 is 2.00 bits per heavy atom. The minimum Gasteiger partial charge on any atom is -0.393 e. The van der Waals surface area contributed by atoms with Crippen molar-refractivity contribution in [2.24, 2.45) is 11.3 Å². The average Bonchev–Trinajstić information content (AvgIpc) is 2.28. The van der Waals surface area contributed by atoms with Gasteiger partial charge in [0.05, 0.1) is 11.7 Å². The molecule has 0 amide bonds. The zero-order chi connectivity index (χ0) is 13.2. The van der Waals surface area contributed by atoms with Crippen molar-refractivity contribution >= 4 is 11.8 Å². The van der Waals surface area contributed by atoms with Gasteiger partial charge in [-0.25, -0.2) is 0 Å². The van der Waals surface area contributed by atoms with Crippen LogP contribution in [0.4, 0.5) is 0 Å². The van der Waals surface area contributed by atoms with Crippen LogP contribution in [0.25, 0.3) is 0 Å². The van der Waals surface area contributed by atoms with Gasteiger partial charge in [0.25, 0.3) is 0 Å². The summed E-state index contributed by atoms with van der Waals surface area (Å²) < 4.78 is 6.09. The highest BCUT2D eigenvalue weighted by atomic mass is 32.2. The zero-order valence-electron chi connectivity index (χ0n) is 12.1. The van der Waals surface area contributed by atoms with E-state index in [1.807, 2.05) is 11.8 Å². The molecule has 2 aliphatic heterocycles. The molecule has 2 heterocycles. The molecule has 18 heavy (non-hydrogen) atoms. The van der Waals surface area contributed by atoms with E-state index in [0.717, 1.165) is 25.9 Å². The van der Waals surface area contributed by atoms with Crippen LogP contribution < -0.4 is 0 Å². The summed E-state index contributed by atoms with van der Waals surface area (Å²) in [6.45, 7) is 7.48. The van der Waals surface area contributed by atoms with E-state index in [2.05, 4.69) is 20.8 Å². The fourth-order valence-corrected chi connectivity index (χ4v) is 4.52. The Morgan fingerprint density at radius 3 is 2.61 bits per heavy atom. The second-order valence-electron chi connectivity index (χ2n) is 7.23. The van der Waals surface area contributed by atoms with Crippen molar-refractivity contribution < 1.29 is 9.84 Å². The van der Waals surface area contributed by atoms with Crippen molar-refractivity contribution in [2.75, 3.05) is 18.1 Å². The summed E-state index contributed by atoms with van der Waals surface area (Å²) in [5.74, 6) is 2.89. The molecule has 0 saturated carbocycles. The predicted molar refractivity (Wildman–Crippen MR) is 78.0 cm³/mol. The van der Waals surface area contributed by atoms with Crippen molar-refractivity contribution in [1.82, 2.24) is 0 Å². The first kappa shape index (κ1) is 14.7. The van der Waals surface area contributed by atoms with Gasteiger partial charge in [0.1, 0.15) is 0 Å². The van der Waals surface area contributed by atoms with Crippen LogP contribution >= 0.6 is 11.8 Å². The number of ether oxygens (including phenoxy) is 1. The molecule has 2 saturated heterocycles. The highest BCUT2D eigenvalue weighted by Crippen LogP contribution is 2.42. The summed E-state index contributed by atoms with van der Waals surface area (Å²) in [6.07, 6.45) is 5.21. The third kappa shape index (κ3) is 3.88. The minimum absolute atomic E-state index is 0.104. The maximum atomic E-state index is 10.5. The third-order valence-electron chi connectivity index (χ3n) is 4.30. The molecule has 3 heteroatoms. The summed E-state index contributed by atoms with van der Waals surface area (Å²) in [5.41, 5.74) is 0.320. The molecule has 2 aliphatic rings. The number of hydrogen-bond donors (Lipinski definition) is 1. The molecule has 2 unspecified atom stereocenters. The second kappa shape index (κ2) is 5.72. The van der Waals surface area contributed by atoms with Crippen molar-refractivity contribution in [3.63, 3.8) is 0 Å². The summed E-state index contributed by atoms with van der Waals surface area (Å²) in [7, 11) is 0. The Hall–Kier alpha value is 0.270. The largest absolute Gasteiger partial charge is 0.393 e. The standard InChI is InChI=1S/C15H28O2S/c1-14(2,3)11-13(16)12-4-7-17-15(10-12)5-8-18-9-6-15/h12-13,16H,4-11H2,1-3H3. The molecule has 2 nitrogen and oxygen atoms in total. The number of thioether (sulfide) groups is 1. The van der Waals surface area contributed by atoms with Gasteiger partial charge >= 0.3 is 0 Å². The summed E-state index contributed by atoms with van der Waals surface area (Å²) >= 11 is 2.04. The van der Waals surface area contributed by atoms with Crippen LogP contribution in [0.5, 0.6) is 0 Å². The number of rotatable bonds is 2. The highest BCUT2D eigenvalue weighted by Gasteiger charge is 2.41. The SMILES string of the molecule is CC(C)(C)CC(O)C1CCOC2(CCSCC2)C1. The topological polar surface area (TPSA) is 29.5 Å². The van der Waals surface area contributed by atoms with Gasteiger partial charge < -0.3 is 9.84 Å². The molecular weight excluding hydrogens is 244 g/mol. The van der Waals surface area contributed by atoms with Crippen molar-refractivity contribution in [1.29, 1.82) is 0 Å². The van der Waals surface area contributed by atoms with Crippen molar-refractivity contribution in [3.8, 4) is 0 Å². The first-order valence-electron chi connectivity index (χ1n) is 7.30. The van der Waals surface area contributed by atoms with Crippen molar-refractivity contribution in [3.05, 3.63) is 0 Å². The van der Waals surface area contributed by atoms with E-state index >= 15 is 0 Å². The summed E-state index contributed by atoms with van der Waals surface area (Å²) in [4.78, 5) is 0. The maximum absolute atomic E-state index is 10.5. The van der Waals surface area contributed by atoms with Crippen LogP contribution in [0, 0.1) is 11.3 Å². The van der Waals surface area contributed by atoms with Gasteiger partial charge in [-0.3, -0.25) is 0 Å². The monoisotopic (exact) mass is 272 g/mol. The van der Waals surface area contributed by atoms with Crippen LogP contribution in [0.1, 0.15) is 52.9 Å². The molecule has 2 fully saturated rings. The van der Waals surface area contributed by atoms with Gasteiger partial charge in [-0.2, -0.15) is 11.8 Å². The van der Waals surface area contributed by atoms with Gasteiger partial charge in [-0.05, 0) is 54.9 Å². The molecule has 1 spiro atoms. The summed E-state index contributed by atoms with van der Waals surface area (Å²) in [6, 6.07) is 0. The molecule has 0 aromatic rings. The van der Waals surface area contributed by atoms with Crippen LogP contribution in [-0.2, 0) is 4.74 Å². The van der Waals surface area contributed by atoms with Gasteiger partial charge in [-0.1, -0.05) is 20.8 Å². The predicted octanol–water partition coefficient (Wildman–Crippen LogP) is 3.48. The third-order valence-corrected chi connectivity index (χ3v) is 5.29. The molecule has 1 N–H and O–H groups in total. The van der Waals surface area contributed by atoms with Crippen LogP contribution in [-0.4, -0.2) is 34.9 Å². The molecule has 0 radical (unpaired) electrons. The van der Waals surface area contributed by atoms with Crippen LogP contribution in [0.15, 0.2) is 0 Å². The fraction of sp³-hybridized carbons (Fsp3) is 1.00. The van der Waals surface area contributed by atoms with E-state index in [1.54, 1.807) is 0 Å². The Bertz CT molecular complexity index is 261. The van der Waals surface area contributed by atoms with E-state index in [1.165, 1.54) is 24.3 Å². The highest BCUT2D eigenvalue weighted by molar-refractivity contribution is 7.99. The molecule has 0 aliphatic carbocycles. The van der Waals surface area contributed by atoms with Gasteiger partial charge in [0.2, 0.25) is 0 Å². The molecule has 2 atom stereocenters. The van der Waals surface area contributed by atoms with E-state index in [4.69, 9.17) is 4.74 Å². The van der Waals surface area contributed by atoms with Crippen LogP contribution in [0.2, 0.25) is 0 Å². The zero-order valence-corrected chi connectivity index (χ0v) is 12.9. The molecule has 0 aromatic heterocycles. The van der Waals surface area contributed by atoms with Crippen molar-refractivity contribution in [2.45, 2.75) is 64.6 Å². The molecule has 106 valence electrons. The first-order valence-corrected chi connectivity index (χ1v) is 8.46. The molecular formula is C15H28O2S. The Morgan fingerprint density at radius 1 is 1.33 bits per heavy atom. The number of aliphatic hydroxyl groups is 1. The normalized spacial score (nSPS) is 30.3. The lowest BCUT2D eigenvalue weighted by atomic mass is 9.76. The Labute approximate surface area is 116 Å². The molecule has 0 bridgehead atoms. The van der Waals surface area contributed by atoms with Crippen LogP contribution in [0.3, 0.4) is 0 Å². The van der Waals surface area contributed by atoms with E-state index < -0.39 is 0 Å². The average molecular weight is 272 g/mol. The van der Waals surface area contributed by atoms with E-state index in [-0.39, 0.29) is 17.1 Å². The second-order valence-corrected chi connectivity index (χ2v) is 8.45. The fourth-order valence-electron chi connectivity index (χ4n) is 3.28. The maximum Gasteiger partial charge on any atom is 0.0701 e. The lowest BCUT2D eigenvalue weighted by Gasteiger charge is -2.45. The number of aliphatic hydroxyl groups excluding tert-OH is 1.